The second-order valence-electron chi connectivity index (χ2n) is 7.85. The highest BCUT2D eigenvalue weighted by Gasteiger charge is 2.17. The lowest BCUT2D eigenvalue weighted by atomic mass is 10.1. The molecule has 0 unspecified atom stereocenters. The van der Waals surface area contributed by atoms with Crippen molar-refractivity contribution in [3.63, 3.8) is 0 Å². The Labute approximate surface area is 205 Å². The molecule has 0 spiro atoms. The van der Waals surface area contributed by atoms with Crippen molar-refractivity contribution < 1.29 is 8.42 Å². The molecule has 2 aromatic heterocycles. The molecule has 5 rings (SSSR count). The van der Waals surface area contributed by atoms with Crippen LogP contribution in [0.2, 0.25) is 0 Å². The highest BCUT2D eigenvalue weighted by molar-refractivity contribution is 7.89. The van der Waals surface area contributed by atoms with Gasteiger partial charge in [-0.15, -0.1) is 0 Å². The first kappa shape index (κ1) is 22.9. The third kappa shape index (κ3) is 4.85. The Hall–Kier alpha value is -3.86. The van der Waals surface area contributed by atoms with E-state index in [9.17, 15) is 13.2 Å². The first-order valence-corrected chi connectivity index (χ1v) is 13.1. The second-order valence-corrected chi connectivity index (χ2v) is 10.4. The van der Waals surface area contributed by atoms with Gasteiger partial charge < -0.3 is 0 Å². The number of rotatable bonds is 7. The van der Waals surface area contributed by atoms with Crippen molar-refractivity contribution >= 4 is 37.8 Å². The fourth-order valence-corrected chi connectivity index (χ4v) is 5.12. The molecule has 0 bridgehead atoms. The van der Waals surface area contributed by atoms with Gasteiger partial charge in [0.05, 0.1) is 26.4 Å². The molecule has 0 saturated carbocycles. The highest BCUT2D eigenvalue weighted by atomic mass is 32.2. The largest absolute Gasteiger partial charge is 0.292 e. The van der Waals surface area contributed by atoms with Gasteiger partial charge in [0.25, 0.3) is 5.56 Å². The van der Waals surface area contributed by atoms with Crippen LogP contribution in [0.5, 0.6) is 0 Å². The van der Waals surface area contributed by atoms with Gasteiger partial charge in [-0.25, -0.2) is 18.5 Å². The van der Waals surface area contributed by atoms with E-state index in [0.717, 1.165) is 21.3 Å². The molecule has 2 heterocycles. The Kier molecular flexibility index (Phi) is 6.16. The lowest BCUT2D eigenvalue weighted by molar-refractivity contribution is 0.598. The third-order valence-corrected chi connectivity index (χ3v) is 7.42. The van der Waals surface area contributed by atoms with Gasteiger partial charge in [-0.2, -0.15) is 4.68 Å². The molecular weight excluding hydrogens is 482 g/mol. The van der Waals surface area contributed by atoms with E-state index in [4.69, 9.17) is 5.14 Å². The average molecular weight is 504 g/mol. The molecule has 0 fully saturated rings. The minimum atomic E-state index is -3.72. The summed E-state index contributed by atoms with van der Waals surface area (Å²) in [7, 11) is -3.72. The van der Waals surface area contributed by atoms with E-state index < -0.39 is 10.0 Å². The molecule has 0 aliphatic rings. The molecule has 0 aliphatic heterocycles. The zero-order chi connectivity index (χ0) is 24.4. The lowest BCUT2D eigenvalue weighted by Gasteiger charge is -2.01. The van der Waals surface area contributed by atoms with Crippen LogP contribution in [0.3, 0.4) is 0 Å². The number of fused-ring (bicyclic) bond motifs is 1. The number of sulfonamides is 1. The Morgan fingerprint density at radius 1 is 1.00 bits per heavy atom. The first-order valence-electron chi connectivity index (χ1n) is 10.8. The van der Waals surface area contributed by atoms with Crippen LogP contribution in [0.4, 0.5) is 0 Å². The van der Waals surface area contributed by atoms with Crippen molar-refractivity contribution in [2.75, 3.05) is 6.54 Å². The fraction of sp³-hybridized carbons (Fsp3) is 0.0800. The zero-order valence-corrected chi connectivity index (χ0v) is 20.1. The molecule has 8 nitrogen and oxygen atoms in total. The lowest BCUT2D eigenvalue weighted by Crippen LogP contribution is -2.17. The van der Waals surface area contributed by atoms with Crippen LogP contribution < -0.4 is 10.7 Å². The normalized spacial score (nSPS) is 12.0. The van der Waals surface area contributed by atoms with Crippen LogP contribution in [-0.2, 0) is 16.4 Å². The summed E-state index contributed by atoms with van der Waals surface area (Å²) >= 11 is 1.43. The number of aromatic amines is 1. The van der Waals surface area contributed by atoms with Crippen LogP contribution >= 0.6 is 11.3 Å². The number of thiazole rings is 1. The number of H-pyrrole nitrogens is 1. The highest BCUT2D eigenvalue weighted by Crippen LogP contribution is 2.25. The van der Waals surface area contributed by atoms with Crippen LogP contribution in [0.1, 0.15) is 11.1 Å². The van der Waals surface area contributed by atoms with Crippen LogP contribution in [0, 0.1) is 0 Å². The fourth-order valence-electron chi connectivity index (χ4n) is 3.68. The number of aromatic nitrogens is 3. The molecule has 0 amide bonds. The Balaban J connectivity index is 1.44. The average Bonchev–Trinajstić information content (AvgIpc) is 3.43. The molecule has 5 aromatic rings. The van der Waals surface area contributed by atoms with E-state index in [-0.39, 0.29) is 10.5 Å². The molecule has 0 atom stereocenters. The minimum Gasteiger partial charge on any atom is -0.292 e. The number of hydrogen-bond donors (Lipinski definition) is 2. The second kappa shape index (κ2) is 9.41. The summed E-state index contributed by atoms with van der Waals surface area (Å²) in [6, 6.07) is 23.7. The number of aliphatic imine (C=N–C) groups is 1. The Bertz CT molecular complexity index is 1650. The molecule has 0 aliphatic carbocycles. The maximum atomic E-state index is 13.4. The summed E-state index contributed by atoms with van der Waals surface area (Å²) in [5, 5.41) is 8.92. The van der Waals surface area contributed by atoms with Crippen molar-refractivity contribution in [2.45, 2.75) is 11.3 Å². The SMILES string of the molecule is NS(=O)(=O)c1ccc(CCN=Cc2c(-c3ccccc3)[nH]n(-c3nc4ccccc4s3)c2=O)cc1. The van der Waals surface area contributed by atoms with Gasteiger partial charge in [0, 0.05) is 18.3 Å². The van der Waals surface area contributed by atoms with Crippen LogP contribution in [0.25, 0.3) is 26.6 Å². The molecule has 0 saturated heterocycles. The molecule has 35 heavy (non-hydrogen) atoms. The standard InChI is InChI=1S/C25H21N5O3S2/c26-35(32,33)19-12-10-17(11-13-19)14-15-27-16-20-23(18-6-2-1-3-7-18)29-30(24(20)31)25-28-21-8-4-5-9-22(21)34-25/h1-13,16,29H,14-15H2,(H2,26,32,33). The molecular formula is C25H21N5O3S2. The predicted molar refractivity (Wildman–Crippen MR) is 139 cm³/mol. The molecule has 0 radical (unpaired) electrons. The quantitative estimate of drug-likeness (QED) is 0.328. The van der Waals surface area contributed by atoms with E-state index in [1.807, 2.05) is 54.6 Å². The van der Waals surface area contributed by atoms with Crippen molar-refractivity contribution in [3.05, 3.63) is 100 Å². The predicted octanol–water partition coefficient (Wildman–Crippen LogP) is 3.75. The van der Waals surface area contributed by atoms with E-state index >= 15 is 0 Å². The van der Waals surface area contributed by atoms with Crippen LogP contribution in [0.15, 0.2) is 93.5 Å². The van der Waals surface area contributed by atoms with Gasteiger partial charge in [0.2, 0.25) is 15.2 Å². The topological polar surface area (TPSA) is 123 Å². The molecule has 3 aromatic carbocycles. The van der Waals surface area contributed by atoms with Crippen molar-refractivity contribution in [3.8, 4) is 16.4 Å². The van der Waals surface area contributed by atoms with E-state index in [0.29, 0.717) is 29.4 Å². The van der Waals surface area contributed by atoms with Crippen molar-refractivity contribution in [2.24, 2.45) is 10.1 Å². The summed E-state index contributed by atoms with van der Waals surface area (Å²) in [6.45, 7) is 0.425. The molecule has 10 heteroatoms. The van der Waals surface area contributed by atoms with Gasteiger partial charge in [0.15, 0.2) is 0 Å². The van der Waals surface area contributed by atoms with Gasteiger partial charge in [-0.1, -0.05) is 65.9 Å². The van der Waals surface area contributed by atoms with Crippen molar-refractivity contribution in [1.82, 2.24) is 14.8 Å². The number of nitrogens with zero attached hydrogens (tertiary/aromatic N) is 3. The van der Waals surface area contributed by atoms with E-state index in [1.165, 1.54) is 28.2 Å². The maximum absolute atomic E-state index is 13.4. The summed E-state index contributed by atoms with van der Waals surface area (Å²) in [5.41, 5.74) is 3.49. The summed E-state index contributed by atoms with van der Waals surface area (Å²) in [4.78, 5) is 22.5. The summed E-state index contributed by atoms with van der Waals surface area (Å²) in [5.74, 6) is 0. The zero-order valence-electron chi connectivity index (χ0n) is 18.5. The first-order chi connectivity index (χ1) is 16.9. The van der Waals surface area contributed by atoms with Gasteiger partial charge >= 0.3 is 0 Å². The maximum Gasteiger partial charge on any atom is 0.282 e. The number of para-hydroxylation sites is 1. The van der Waals surface area contributed by atoms with E-state index in [2.05, 4.69) is 15.1 Å². The number of benzene rings is 3. The third-order valence-electron chi connectivity index (χ3n) is 5.46. The van der Waals surface area contributed by atoms with Crippen LogP contribution in [-0.4, -0.2) is 35.9 Å². The van der Waals surface area contributed by atoms with Crippen molar-refractivity contribution in [1.29, 1.82) is 0 Å². The summed E-state index contributed by atoms with van der Waals surface area (Å²) < 4.78 is 25.3. The van der Waals surface area contributed by atoms with Gasteiger partial charge in [-0.3, -0.25) is 14.9 Å². The molecule has 176 valence electrons. The number of hydrogen-bond acceptors (Lipinski definition) is 6. The number of nitrogens with one attached hydrogen (secondary N) is 1. The van der Waals surface area contributed by atoms with Gasteiger partial charge in [0.1, 0.15) is 0 Å². The number of nitrogens with two attached hydrogens (primary N) is 1. The Morgan fingerprint density at radius 3 is 2.43 bits per heavy atom. The summed E-state index contributed by atoms with van der Waals surface area (Å²) in [6.07, 6.45) is 2.17. The number of primary sulfonamides is 1. The Morgan fingerprint density at radius 2 is 1.71 bits per heavy atom. The monoisotopic (exact) mass is 503 g/mol. The van der Waals surface area contributed by atoms with E-state index in [1.54, 1.807) is 18.3 Å². The smallest absolute Gasteiger partial charge is 0.282 e. The molecule has 3 N–H and O–H groups in total. The van der Waals surface area contributed by atoms with Gasteiger partial charge in [-0.05, 0) is 36.2 Å². The minimum absolute atomic E-state index is 0.0694.